The molecule has 0 radical (unpaired) electrons. The zero-order valence-electron chi connectivity index (χ0n) is 45.7. The smallest absolute Gasteiger partial charge is 0.333 e. The zero-order valence-corrected chi connectivity index (χ0v) is 45.7. The van der Waals surface area contributed by atoms with Crippen LogP contribution in [0.15, 0.2) is 60.7 Å². The molecule has 3 N–H and O–H groups in total. The summed E-state index contributed by atoms with van der Waals surface area (Å²) in [5.41, 5.74) is 13.5. The predicted octanol–water partition coefficient (Wildman–Crippen LogP) is 13.5. The van der Waals surface area contributed by atoms with Crippen LogP contribution in [-0.2, 0) is 60.9 Å². The third-order valence-corrected chi connectivity index (χ3v) is 13.9. The lowest BCUT2D eigenvalue weighted by Crippen LogP contribution is -2.15. The van der Waals surface area contributed by atoms with E-state index in [1.807, 2.05) is 0 Å². The first-order valence-electron chi connectivity index (χ1n) is 28.4. The number of fused-ring (bicyclic) bond motifs is 8. The number of esters is 1. The third-order valence-electron chi connectivity index (χ3n) is 13.9. The summed E-state index contributed by atoms with van der Waals surface area (Å²) < 4.78 is 32.7. The summed E-state index contributed by atoms with van der Waals surface area (Å²) in [6, 6.07) is 18.5. The average Bonchev–Trinajstić information content (AvgIpc) is 3.37. The van der Waals surface area contributed by atoms with Crippen LogP contribution in [0.4, 0.5) is 0 Å². The lowest BCUT2D eigenvalue weighted by Gasteiger charge is -2.25. The van der Waals surface area contributed by atoms with Gasteiger partial charge < -0.3 is 39.0 Å². The van der Waals surface area contributed by atoms with Crippen LogP contribution in [0.2, 0.25) is 0 Å². The molecule has 1 aliphatic rings. The largest absolute Gasteiger partial charge is 0.491 e. The van der Waals surface area contributed by atoms with Crippen molar-refractivity contribution in [1.29, 1.82) is 0 Å². The van der Waals surface area contributed by atoms with Gasteiger partial charge in [0.25, 0.3) is 0 Å². The van der Waals surface area contributed by atoms with E-state index >= 15 is 0 Å². The van der Waals surface area contributed by atoms with Gasteiger partial charge in [0.2, 0.25) is 0 Å². The number of unbranched alkanes of at least 4 members (excludes halogenated alkanes) is 12. The van der Waals surface area contributed by atoms with E-state index in [9.17, 15) is 20.1 Å². The van der Waals surface area contributed by atoms with Gasteiger partial charge in [-0.25, -0.2) is 4.79 Å². The maximum atomic E-state index is 12.6. The van der Waals surface area contributed by atoms with E-state index in [4.69, 9.17) is 23.7 Å². The standard InChI is InChI=1S/C64H92O9/c1-7-11-15-19-23-48-35-52-43-54-37-49(24-20-16-12-8-2)39-56(61(54)70-31-28-66)45-58-41-51(26-22-18-14-10-4)42-59(63(58)72-33-34-73-64(68)47(5)6)46-57-40-50(25-21-17-13-9-3)38-55(62(57)71-32-29-67)44-53(36-48)60(52)69-30-27-65/h35-42,65-67H,5,7-34,43-46H2,1-4,6H3. The summed E-state index contributed by atoms with van der Waals surface area (Å²) in [6.07, 6.45) is 23.9. The molecule has 0 unspecified atom stereocenters. The Kier molecular flexibility index (Phi) is 26.8. The molecule has 8 bridgehead atoms. The van der Waals surface area contributed by atoms with E-state index in [-0.39, 0.29) is 52.9 Å². The molecule has 9 heteroatoms. The van der Waals surface area contributed by atoms with Crippen LogP contribution in [0, 0.1) is 0 Å². The number of hydrogen-bond donors (Lipinski definition) is 3. The highest BCUT2D eigenvalue weighted by Crippen LogP contribution is 2.41. The molecule has 0 saturated carbocycles. The second-order valence-electron chi connectivity index (χ2n) is 20.4. The fourth-order valence-corrected chi connectivity index (χ4v) is 10.4. The molecule has 0 heterocycles. The lowest BCUT2D eigenvalue weighted by molar-refractivity contribution is -0.139. The van der Waals surface area contributed by atoms with Gasteiger partial charge in [-0.1, -0.05) is 160 Å². The maximum Gasteiger partial charge on any atom is 0.333 e. The van der Waals surface area contributed by atoms with Crippen LogP contribution in [0.1, 0.15) is 204 Å². The predicted molar refractivity (Wildman–Crippen MR) is 297 cm³/mol. The highest BCUT2D eigenvalue weighted by Gasteiger charge is 2.25. The molecule has 4 aromatic carbocycles. The first-order valence-corrected chi connectivity index (χ1v) is 28.4. The van der Waals surface area contributed by atoms with Crippen molar-refractivity contribution in [3.63, 3.8) is 0 Å². The molecule has 73 heavy (non-hydrogen) atoms. The van der Waals surface area contributed by atoms with Gasteiger partial charge in [-0.3, -0.25) is 0 Å². The number of carbonyl (C=O) groups is 1. The summed E-state index contributed by atoms with van der Waals surface area (Å²) in [6.45, 7) is 14.7. The van der Waals surface area contributed by atoms with Gasteiger partial charge in [-0.15, -0.1) is 0 Å². The molecule has 0 atom stereocenters. The molecule has 4 aromatic rings. The summed E-state index contributed by atoms with van der Waals surface area (Å²) in [5, 5.41) is 31.0. The molecule has 5 rings (SSSR count). The van der Waals surface area contributed by atoms with Gasteiger partial charge in [0.15, 0.2) is 0 Å². The Balaban J connectivity index is 1.88. The van der Waals surface area contributed by atoms with Gasteiger partial charge in [0, 0.05) is 31.3 Å². The maximum absolute atomic E-state index is 12.6. The van der Waals surface area contributed by atoms with Gasteiger partial charge in [-0.05, 0) is 125 Å². The van der Waals surface area contributed by atoms with E-state index in [0.717, 1.165) is 170 Å². The Bertz CT molecular complexity index is 2170. The van der Waals surface area contributed by atoms with E-state index < -0.39 is 5.97 Å². The Labute approximate surface area is 440 Å². The van der Waals surface area contributed by atoms with E-state index in [1.54, 1.807) is 6.92 Å². The first-order chi connectivity index (χ1) is 35.7. The minimum absolute atomic E-state index is 0.0624. The van der Waals surface area contributed by atoms with Crippen LogP contribution in [-0.4, -0.2) is 74.1 Å². The van der Waals surface area contributed by atoms with Crippen molar-refractivity contribution in [3.8, 4) is 23.0 Å². The van der Waals surface area contributed by atoms with Crippen molar-refractivity contribution in [2.75, 3.05) is 52.9 Å². The second-order valence-corrected chi connectivity index (χ2v) is 20.4. The van der Waals surface area contributed by atoms with Crippen molar-refractivity contribution in [1.82, 2.24) is 0 Å². The SMILES string of the molecule is C=C(C)C(=O)OCCOc1c2cc(CCCCCC)cc1Cc1cc(CCCCCC)cc(c1OCCO)Cc1cc(CCCCCC)cc(c1OCCO)Cc1cc(CCCCCC)cc(c1OCCO)C2. The van der Waals surface area contributed by atoms with Gasteiger partial charge in [0.05, 0.1) is 19.8 Å². The molecule has 0 spiro atoms. The van der Waals surface area contributed by atoms with Crippen LogP contribution < -0.4 is 18.9 Å². The zero-order chi connectivity index (χ0) is 52.2. The number of aliphatic hydroxyl groups is 3. The molecule has 9 nitrogen and oxygen atoms in total. The molecule has 1 aliphatic carbocycles. The second kappa shape index (κ2) is 33.2. The van der Waals surface area contributed by atoms with E-state index in [2.05, 4.69) is 82.8 Å². The van der Waals surface area contributed by atoms with Crippen LogP contribution in [0.5, 0.6) is 23.0 Å². The van der Waals surface area contributed by atoms with Crippen LogP contribution >= 0.6 is 0 Å². The summed E-state index contributed by atoms with van der Waals surface area (Å²) in [7, 11) is 0. The van der Waals surface area contributed by atoms with Crippen molar-refractivity contribution >= 4 is 5.97 Å². The highest BCUT2D eigenvalue weighted by atomic mass is 16.6. The minimum atomic E-state index is -0.450. The van der Waals surface area contributed by atoms with E-state index in [0.29, 0.717) is 31.3 Å². The fraction of sp³-hybridized carbons (Fsp3) is 0.578. The Morgan fingerprint density at radius 3 is 0.863 bits per heavy atom. The van der Waals surface area contributed by atoms with Crippen molar-refractivity contribution < 1.29 is 43.8 Å². The molecule has 0 aliphatic heterocycles. The van der Waals surface area contributed by atoms with Gasteiger partial charge >= 0.3 is 5.97 Å². The quantitative estimate of drug-likeness (QED) is 0.0210. The van der Waals surface area contributed by atoms with E-state index in [1.165, 1.54) is 47.9 Å². The Morgan fingerprint density at radius 2 is 0.644 bits per heavy atom. The van der Waals surface area contributed by atoms with Crippen molar-refractivity contribution in [2.45, 2.75) is 189 Å². The average molecular weight is 1010 g/mol. The lowest BCUT2D eigenvalue weighted by atomic mass is 9.87. The summed E-state index contributed by atoms with van der Waals surface area (Å²) >= 11 is 0. The van der Waals surface area contributed by atoms with Crippen molar-refractivity contribution in [2.24, 2.45) is 0 Å². The number of benzene rings is 4. The number of ether oxygens (including phenoxy) is 5. The Hall–Kier alpha value is -4.83. The van der Waals surface area contributed by atoms with Gasteiger partial charge in [0.1, 0.15) is 56.0 Å². The highest BCUT2D eigenvalue weighted by molar-refractivity contribution is 5.86. The molecular weight excluding hydrogens is 913 g/mol. The fourth-order valence-electron chi connectivity index (χ4n) is 10.4. The monoisotopic (exact) mass is 1000 g/mol. The third kappa shape index (κ3) is 19.1. The minimum Gasteiger partial charge on any atom is -0.491 e. The number of carbonyl (C=O) groups excluding carboxylic acids is 1. The number of rotatable bonds is 34. The van der Waals surface area contributed by atoms with Crippen molar-refractivity contribution in [3.05, 3.63) is 127 Å². The summed E-state index contributed by atoms with van der Waals surface area (Å²) in [5.74, 6) is 2.59. The summed E-state index contributed by atoms with van der Waals surface area (Å²) in [4.78, 5) is 12.6. The molecule has 0 fully saturated rings. The topological polar surface area (TPSA) is 124 Å². The van der Waals surface area contributed by atoms with Crippen LogP contribution in [0.3, 0.4) is 0 Å². The molecular formula is C64H92O9. The Morgan fingerprint density at radius 1 is 0.397 bits per heavy atom. The first kappa shape index (κ1) is 59.1. The molecule has 0 saturated heterocycles. The normalized spacial score (nSPS) is 12.2. The molecule has 0 aromatic heterocycles. The van der Waals surface area contributed by atoms with Crippen LogP contribution in [0.25, 0.3) is 0 Å². The van der Waals surface area contributed by atoms with Gasteiger partial charge in [-0.2, -0.15) is 0 Å². The number of aryl methyl sites for hydroxylation is 4. The molecule has 402 valence electrons. The molecule has 0 amide bonds. The number of aliphatic hydroxyl groups excluding tert-OH is 3. The number of hydrogen-bond acceptors (Lipinski definition) is 9.